The first-order valence-corrected chi connectivity index (χ1v) is 5.99. The number of ketones is 1. The summed E-state index contributed by atoms with van der Waals surface area (Å²) in [6.45, 7) is -0.505. The highest BCUT2D eigenvalue weighted by molar-refractivity contribution is 9.10. The van der Waals surface area contributed by atoms with Crippen LogP contribution in [0.3, 0.4) is 0 Å². The number of halogens is 3. The molecule has 0 heterocycles. The normalized spacial score (nSPS) is 10.2. The van der Waals surface area contributed by atoms with E-state index in [2.05, 4.69) is 31.9 Å². The monoisotopic (exact) mass is 322 g/mol. The fourth-order valence-electron chi connectivity index (χ4n) is 1.17. The third kappa shape index (κ3) is 3.50. The number of hydrogen-bond acceptors (Lipinski definition) is 1. The van der Waals surface area contributed by atoms with Crippen LogP contribution >= 0.6 is 31.9 Å². The van der Waals surface area contributed by atoms with E-state index in [1.54, 1.807) is 12.1 Å². The molecule has 76 valence electrons. The van der Waals surface area contributed by atoms with Crippen LogP contribution in [-0.4, -0.2) is 11.1 Å². The lowest BCUT2D eigenvalue weighted by atomic mass is 10.1. The number of benzene rings is 1. The molecule has 0 saturated carbocycles. The van der Waals surface area contributed by atoms with Gasteiger partial charge in [-0.1, -0.05) is 37.9 Å². The van der Waals surface area contributed by atoms with Crippen molar-refractivity contribution in [2.75, 3.05) is 5.33 Å². The van der Waals surface area contributed by atoms with Crippen molar-refractivity contribution in [1.82, 2.24) is 0 Å². The molecule has 0 aromatic heterocycles. The van der Waals surface area contributed by atoms with Crippen LogP contribution in [0.25, 0.3) is 0 Å². The molecule has 0 fully saturated rings. The minimum absolute atomic E-state index is 0.0907. The Hall–Kier alpha value is -0.220. The largest absolute Gasteiger partial charge is 0.298 e. The standard InChI is InChI=1S/C10H9Br2FO/c11-5-10(14)4-7-1-8(6-13)3-9(12)2-7/h1-3H,4-6H2. The minimum Gasteiger partial charge on any atom is -0.298 e. The van der Waals surface area contributed by atoms with Gasteiger partial charge >= 0.3 is 0 Å². The predicted octanol–water partition coefficient (Wildman–Crippen LogP) is 3.43. The summed E-state index contributed by atoms with van der Waals surface area (Å²) in [5.41, 5.74) is 1.44. The summed E-state index contributed by atoms with van der Waals surface area (Å²) < 4.78 is 13.2. The third-order valence-corrected chi connectivity index (χ3v) is 2.81. The lowest BCUT2D eigenvalue weighted by Gasteiger charge is -2.02. The zero-order valence-electron chi connectivity index (χ0n) is 7.40. The quantitative estimate of drug-likeness (QED) is 0.776. The van der Waals surface area contributed by atoms with Crippen molar-refractivity contribution in [1.29, 1.82) is 0 Å². The van der Waals surface area contributed by atoms with Gasteiger partial charge in [0.2, 0.25) is 0 Å². The summed E-state index contributed by atoms with van der Waals surface area (Å²) in [7, 11) is 0. The van der Waals surface area contributed by atoms with E-state index in [-0.39, 0.29) is 5.78 Å². The van der Waals surface area contributed by atoms with Gasteiger partial charge in [-0.15, -0.1) is 0 Å². The number of Topliss-reactive ketones (excluding diaryl/α,β-unsaturated/α-hetero) is 1. The van der Waals surface area contributed by atoms with Gasteiger partial charge in [-0.25, -0.2) is 4.39 Å². The number of hydrogen-bond donors (Lipinski definition) is 0. The maximum absolute atomic E-state index is 12.4. The fraction of sp³-hybridized carbons (Fsp3) is 0.300. The first-order chi connectivity index (χ1) is 6.65. The Bertz CT molecular complexity index is 339. The first-order valence-electron chi connectivity index (χ1n) is 4.07. The van der Waals surface area contributed by atoms with Crippen molar-refractivity contribution in [3.63, 3.8) is 0 Å². The van der Waals surface area contributed by atoms with Crippen LogP contribution in [-0.2, 0) is 17.9 Å². The zero-order valence-corrected chi connectivity index (χ0v) is 10.6. The summed E-state index contributed by atoms with van der Waals surface area (Å²) in [6, 6.07) is 5.26. The second-order valence-electron chi connectivity index (χ2n) is 2.95. The molecule has 0 spiro atoms. The molecule has 1 rings (SSSR count). The van der Waals surface area contributed by atoms with Gasteiger partial charge in [0.1, 0.15) is 12.5 Å². The third-order valence-electron chi connectivity index (χ3n) is 1.72. The lowest BCUT2D eigenvalue weighted by Crippen LogP contribution is -2.03. The van der Waals surface area contributed by atoms with Gasteiger partial charge < -0.3 is 0 Å². The smallest absolute Gasteiger partial charge is 0.147 e. The average Bonchev–Trinajstić information content (AvgIpc) is 2.16. The van der Waals surface area contributed by atoms with Crippen molar-refractivity contribution < 1.29 is 9.18 Å². The number of carbonyl (C=O) groups excluding carboxylic acids is 1. The Balaban J connectivity index is 2.86. The van der Waals surface area contributed by atoms with Gasteiger partial charge in [-0.05, 0) is 23.3 Å². The number of carbonyl (C=O) groups is 1. The highest BCUT2D eigenvalue weighted by atomic mass is 79.9. The highest BCUT2D eigenvalue weighted by Crippen LogP contribution is 2.17. The average molecular weight is 324 g/mol. The molecule has 0 amide bonds. The topological polar surface area (TPSA) is 17.1 Å². The molecule has 14 heavy (non-hydrogen) atoms. The Labute approximate surface area is 99.0 Å². The van der Waals surface area contributed by atoms with Crippen LogP contribution in [0.15, 0.2) is 22.7 Å². The van der Waals surface area contributed by atoms with Crippen LogP contribution in [0.2, 0.25) is 0 Å². The lowest BCUT2D eigenvalue weighted by molar-refractivity contribution is -0.115. The molecule has 0 unspecified atom stereocenters. The molecular weight excluding hydrogens is 315 g/mol. The van der Waals surface area contributed by atoms with Gasteiger partial charge in [0.25, 0.3) is 0 Å². The van der Waals surface area contributed by atoms with Gasteiger partial charge in [0.05, 0.1) is 5.33 Å². The van der Waals surface area contributed by atoms with Crippen LogP contribution in [0.1, 0.15) is 11.1 Å². The molecule has 4 heteroatoms. The second kappa shape index (κ2) is 5.61. The van der Waals surface area contributed by atoms with Crippen molar-refractivity contribution in [3.05, 3.63) is 33.8 Å². The highest BCUT2D eigenvalue weighted by Gasteiger charge is 2.04. The Morgan fingerprint density at radius 2 is 1.93 bits per heavy atom. The van der Waals surface area contributed by atoms with E-state index in [9.17, 15) is 9.18 Å². The SMILES string of the molecule is O=C(CBr)Cc1cc(Br)cc(CF)c1. The first kappa shape index (κ1) is 11.9. The van der Waals surface area contributed by atoms with Crippen LogP contribution in [0, 0.1) is 0 Å². The molecule has 0 aliphatic heterocycles. The Morgan fingerprint density at radius 3 is 2.50 bits per heavy atom. The van der Waals surface area contributed by atoms with E-state index >= 15 is 0 Å². The molecule has 0 bridgehead atoms. The van der Waals surface area contributed by atoms with Crippen molar-refractivity contribution >= 4 is 37.6 Å². The summed E-state index contributed by atoms with van der Waals surface area (Å²) in [6.07, 6.45) is 0.345. The van der Waals surface area contributed by atoms with Crippen LogP contribution < -0.4 is 0 Å². The van der Waals surface area contributed by atoms with E-state index in [4.69, 9.17) is 0 Å². The van der Waals surface area contributed by atoms with Gasteiger partial charge in [-0.2, -0.15) is 0 Å². The molecule has 1 aromatic rings. The van der Waals surface area contributed by atoms with E-state index < -0.39 is 6.67 Å². The predicted molar refractivity (Wildman–Crippen MR) is 61.5 cm³/mol. The van der Waals surface area contributed by atoms with Gasteiger partial charge in [-0.3, -0.25) is 4.79 Å². The molecular formula is C10H9Br2FO. The van der Waals surface area contributed by atoms with Crippen molar-refractivity contribution in [2.24, 2.45) is 0 Å². The van der Waals surface area contributed by atoms with Gasteiger partial charge in [0.15, 0.2) is 0 Å². The van der Waals surface area contributed by atoms with Gasteiger partial charge in [0, 0.05) is 10.9 Å². The molecule has 1 nitrogen and oxygen atoms in total. The number of rotatable bonds is 4. The maximum Gasteiger partial charge on any atom is 0.147 e. The Kier molecular flexibility index (Phi) is 4.75. The van der Waals surface area contributed by atoms with Crippen LogP contribution in [0.5, 0.6) is 0 Å². The Morgan fingerprint density at radius 1 is 1.29 bits per heavy atom. The molecule has 0 aliphatic rings. The molecule has 0 aliphatic carbocycles. The van der Waals surface area contributed by atoms with Crippen LogP contribution in [0.4, 0.5) is 4.39 Å². The second-order valence-corrected chi connectivity index (χ2v) is 4.43. The molecule has 1 aromatic carbocycles. The van der Waals surface area contributed by atoms with Crippen molar-refractivity contribution in [3.8, 4) is 0 Å². The molecule has 0 radical (unpaired) electrons. The summed E-state index contributed by atoms with van der Waals surface area (Å²) in [5.74, 6) is 0.0907. The number of alkyl halides is 2. The van der Waals surface area contributed by atoms with E-state index in [0.29, 0.717) is 17.3 Å². The molecule has 0 saturated heterocycles. The van der Waals surface area contributed by atoms with E-state index in [0.717, 1.165) is 10.0 Å². The summed E-state index contributed by atoms with van der Waals surface area (Å²) in [4.78, 5) is 11.1. The minimum atomic E-state index is -0.505. The molecule has 0 N–H and O–H groups in total. The van der Waals surface area contributed by atoms with E-state index in [1.807, 2.05) is 6.07 Å². The zero-order chi connectivity index (χ0) is 10.6. The summed E-state index contributed by atoms with van der Waals surface area (Å²) in [5, 5.41) is 0.338. The maximum atomic E-state index is 12.4. The summed E-state index contributed by atoms with van der Waals surface area (Å²) >= 11 is 6.37. The van der Waals surface area contributed by atoms with Crippen molar-refractivity contribution in [2.45, 2.75) is 13.1 Å². The van der Waals surface area contributed by atoms with E-state index in [1.165, 1.54) is 0 Å². The fourth-order valence-corrected chi connectivity index (χ4v) is 1.96. The molecule has 0 atom stereocenters.